The van der Waals surface area contributed by atoms with E-state index in [4.69, 9.17) is 4.55 Å². The zero-order valence-corrected chi connectivity index (χ0v) is 8.67. The summed E-state index contributed by atoms with van der Waals surface area (Å²) in [4.78, 5) is 12.3. The fourth-order valence-electron chi connectivity index (χ4n) is 0.922. The Labute approximate surface area is 78.5 Å². The molecule has 0 heterocycles. The van der Waals surface area contributed by atoms with Gasteiger partial charge in [0.1, 0.15) is 0 Å². The van der Waals surface area contributed by atoms with Gasteiger partial charge in [-0.25, -0.2) is 0 Å². The first-order valence-electron chi connectivity index (χ1n) is 4.07. The Morgan fingerprint density at radius 1 is 1.38 bits per heavy atom. The Hall–Kier alpha value is -0.620. The summed E-state index contributed by atoms with van der Waals surface area (Å²) in [5.74, 6) is -0.572. The second-order valence-corrected chi connectivity index (χ2v) is 4.36. The minimum Gasteiger partial charge on any atom is -0.342 e. The molecule has 0 aliphatic rings. The Bertz CT molecular complexity index is 260. The van der Waals surface area contributed by atoms with Crippen LogP contribution >= 0.6 is 0 Å². The summed E-state index contributed by atoms with van der Waals surface area (Å²) in [6, 6.07) is 0. The monoisotopic (exact) mass is 209 g/mol. The van der Waals surface area contributed by atoms with E-state index in [1.54, 1.807) is 0 Å². The fraction of sp³-hybridized carbons (Fsp3) is 0.857. The Morgan fingerprint density at radius 3 is 2.23 bits per heavy atom. The van der Waals surface area contributed by atoms with Crippen molar-refractivity contribution in [2.75, 3.05) is 18.8 Å². The van der Waals surface area contributed by atoms with Gasteiger partial charge in [-0.2, -0.15) is 8.42 Å². The van der Waals surface area contributed by atoms with Crippen molar-refractivity contribution in [3.63, 3.8) is 0 Å². The van der Waals surface area contributed by atoms with Crippen molar-refractivity contribution < 1.29 is 17.8 Å². The molecule has 0 spiro atoms. The van der Waals surface area contributed by atoms with Gasteiger partial charge < -0.3 is 4.90 Å². The summed E-state index contributed by atoms with van der Waals surface area (Å²) in [5, 5.41) is 0. The Balaban J connectivity index is 4.05. The van der Waals surface area contributed by atoms with Crippen molar-refractivity contribution >= 4 is 16.0 Å². The first kappa shape index (κ1) is 12.4. The second kappa shape index (κ2) is 5.18. The topological polar surface area (TPSA) is 74.7 Å². The second-order valence-electron chi connectivity index (χ2n) is 2.79. The van der Waals surface area contributed by atoms with Gasteiger partial charge in [-0.15, -0.1) is 0 Å². The quantitative estimate of drug-likeness (QED) is 0.653. The molecule has 0 rings (SSSR count). The molecule has 0 aliphatic carbocycles. The number of rotatable bonds is 5. The molecule has 0 aromatic heterocycles. The van der Waals surface area contributed by atoms with Crippen LogP contribution in [0.2, 0.25) is 0 Å². The SMILES string of the molecule is CCCN(CCS(=O)(=O)O)C(C)=O. The number of carbonyl (C=O) groups excluding carboxylic acids is 1. The molecule has 0 aromatic rings. The highest BCUT2D eigenvalue weighted by Crippen LogP contribution is 1.94. The van der Waals surface area contributed by atoms with Crippen molar-refractivity contribution in [3.8, 4) is 0 Å². The van der Waals surface area contributed by atoms with Crippen LogP contribution in [0.15, 0.2) is 0 Å². The van der Waals surface area contributed by atoms with Crippen LogP contribution in [-0.4, -0.2) is 42.6 Å². The van der Waals surface area contributed by atoms with E-state index in [9.17, 15) is 13.2 Å². The summed E-state index contributed by atoms with van der Waals surface area (Å²) in [5.41, 5.74) is 0. The van der Waals surface area contributed by atoms with Crippen LogP contribution < -0.4 is 0 Å². The lowest BCUT2D eigenvalue weighted by molar-refractivity contribution is -0.128. The molecular weight excluding hydrogens is 194 g/mol. The highest BCUT2D eigenvalue weighted by molar-refractivity contribution is 7.85. The van der Waals surface area contributed by atoms with Crippen molar-refractivity contribution in [1.29, 1.82) is 0 Å². The van der Waals surface area contributed by atoms with Gasteiger partial charge in [0.2, 0.25) is 5.91 Å². The number of hydrogen-bond acceptors (Lipinski definition) is 3. The van der Waals surface area contributed by atoms with Gasteiger partial charge in [0.15, 0.2) is 0 Å². The standard InChI is InChI=1S/C7H15NO4S/c1-3-4-8(7(2)9)5-6-13(10,11)12/h3-6H2,1-2H3,(H,10,11,12). The third-order valence-corrected chi connectivity index (χ3v) is 2.26. The Kier molecular flexibility index (Phi) is 4.94. The maximum absolute atomic E-state index is 10.9. The van der Waals surface area contributed by atoms with Crippen LogP contribution in [0.1, 0.15) is 20.3 Å². The summed E-state index contributed by atoms with van der Waals surface area (Å²) in [7, 11) is -3.96. The van der Waals surface area contributed by atoms with Crippen molar-refractivity contribution in [2.45, 2.75) is 20.3 Å². The van der Waals surface area contributed by atoms with E-state index >= 15 is 0 Å². The zero-order chi connectivity index (χ0) is 10.5. The maximum Gasteiger partial charge on any atom is 0.266 e. The van der Waals surface area contributed by atoms with Gasteiger partial charge in [0.25, 0.3) is 10.1 Å². The van der Waals surface area contributed by atoms with Gasteiger partial charge in [0.05, 0.1) is 5.75 Å². The highest BCUT2D eigenvalue weighted by Gasteiger charge is 2.11. The third-order valence-electron chi connectivity index (χ3n) is 1.56. The first-order valence-corrected chi connectivity index (χ1v) is 5.68. The predicted molar refractivity (Wildman–Crippen MR) is 49.0 cm³/mol. The van der Waals surface area contributed by atoms with E-state index in [0.29, 0.717) is 6.54 Å². The Morgan fingerprint density at radius 2 is 1.92 bits per heavy atom. The molecule has 0 atom stereocenters. The third kappa shape index (κ3) is 6.53. The van der Waals surface area contributed by atoms with Gasteiger partial charge in [-0.05, 0) is 6.42 Å². The molecule has 0 bridgehead atoms. The lowest BCUT2D eigenvalue weighted by atomic mass is 10.4. The summed E-state index contributed by atoms with van der Waals surface area (Å²) >= 11 is 0. The lowest BCUT2D eigenvalue weighted by Gasteiger charge is -2.18. The molecule has 0 radical (unpaired) electrons. The van der Waals surface area contributed by atoms with Crippen LogP contribution in [0, 0.1) is 0 Å². The molecule has 0 saturated heterocycles. The maximum atomic E-state index is 10.9. The molecule has 0 aliphatic heterocycles. The van der Waals surface area contributed by atoms with Crippen molar-refractivity contribution in [1.82, 2.24) is 4.90 Å². The highest BCUT2D eigenvalue weighted by atomic mass is 32.2. The average Bonchev–Trinajstić information content (AvgIpc) is 1.95. The molecule has 78 valence electrons. The van der Waals surface area contributed by atoms with E-state index in [0.717, 1.165) is 6.42 Å². The van der Waals surface area contributed by atoms with E-state index < -0.39 is 15.9 Å². The molecule has 0 saturated carbocycles. The predicted octanol–water partition coefficient (Wildman–Crippen LogP) is 0.133. The smallest absolute Gasteiger partial charge is 0.266 e. The lowest BCUT2D eigenvalue weighted by Crippen LogP contribution is -2.33. The van der Waals surface area contributed by atoms with Crippen molar-refractivity contribution in [3.05, 3.63) is 0 Å². The fourth-order valence-corrected chi connectivity index (χ4v) is 1.37. The van der Waals surface area contributed by atoms with Gasteiger partial charge in [-0.3, -0.25) is 9.35 Å². The van der Waals surface area contributed by atoms with E-state index in [1.165, 1.54) is 11.8 Å². The van der Waals surface area contributed by atoms with E-state index in [1.807, 2.05) is 6.92 Å². The molecular formula is C7H15NO4S. The largest absolute Gasteiger partial charge is 0.342 e. The number of hydrogen-bond donors (Lipinski definition) is 1. The molecule has 5 nitrogen and oxygen atoms in total. The van der Waals surface area contributed by atoms with Crippen LogP contribution in [0.4, 0.5) is 0 Å². The van der Waals surface area contributed by atoms with Gasteiger partial charge >= 0.3 is 0 Å². The van der Waals surface area contributed by atoms with Gasteiger partial charge in [-0.1, -0.05) is 6.92 Å². The summed E-state index contributed by atoms with van der Waals surface area (Å²) < 4.78 is 29.2. The average molecular weight is 209 g/mol. The minimum atomic E-state index is -3.96. The molecule has 0 aromatic carbocycles. The van der Waals surface area contributed by atoms with Crippen molar-refractivity contribution in [2.24, 2.45) is 0 Å². The van der Waals surface area contributed by atoms with E-state index in [2.05, 4.69) is 0 Å². The number of carbonyl (C=O) groups is 1. The number of nitrogens with zero attached hydrogens (tertiary/aromatic N) is 1. The van der Waals surface area contributed by atoms with Crippen LogP contribution in [0.3, 0.4) is 0 Å². The van der Waals surface area contributed by atoms with Crippen LogP contribution in [0.5, 0.6) is 0 Å². The molecule has 13 heavy (non-hydrogen) atoms. The first-order chi connectivity index (χ1) is 5.87. The summed E-state index contributed by atoms with van der Waals surface area (Å²) in [6.07, 6.45) is 0.769. The normalized spacial score (nSPS) is 11.3. The summed E-state index contributed by atoms with van der Waals surface area (Å²) in [6.45, 7) is 3.84. The minimum absolute atomic E-state index is 0.0575. The van der Waals surface area contributed by atoms with E-state index in [-0.39, 0.29) is 12.5 Å². The van der Waals surface area contributed by atoms with Gasteiger partial charge in [0, 0.05) is 20.0 Å². The number of amides is 1. The van der Waals surface area contributed by atoms with Crippen LogP contribution in [-0.2, 0) is 14.9 Å². The van der Waals surface area contributed by atoms with Crippen LogP contribution in [0.25, 0.3) is 0 Å². The zero-order valence-electron chi connectivity index (χ0n) is 7.86. The molecule has 0 fully saturated rings. The molecule has 6 heteroatoms. The molecule has 0 unspecified atom stereocenters. The molecule has 1 amide bonds. The molecule has 1 N–H and O–H groups in total.